The van der Waals surface area contributed by atoms with Crippen LogP contribution in [0.3, 0.4) is 0 Å². The molecule has 3 aliphatic rings. The number of hydrogen-bond acceptors (Lipinski definition) is 2. The van der Waals surface area contributed by atoms with Gasteiger partial charge in [-0.1, -0.05) is 38.1 Å². The van der Waals surface area contributed by atoms with Crippen LogP contribution in [-0.4, -0.2) is 43.2 Å². The van der Waals surface area contributed by atoms with Crippen LogP contribution in [0.1, 0.15) is 76.8 Å². The number of aryl methyl sites for hydroxylation is 1. The zero-order chi connectivity index (χ0) is 22.5. The van der Waals surface area contributed by atoms with E-state index in [0.717, 1.165) is 12.5 Å². The fraction of sp³-hybridized carbons (Fsp3) is 0.679. The molecule has 4 nitrogen and oxygen atoms in total. The van der Waals surface area contributed by atoms with Crippen LogP contribution in [0.15, 0.2) is 29.8 Å². The van der Waals surface area contributed by atoms with Crippen LogP contribution < -0.4 is 10.6 Å². The minimum atomic E-state index is -0.0169. The van der Waals surface area contributed by atoms with Crippen LogP contribution in [0, 0.1) is 17.8 Å². The summed E-state index contributed by atoms with van der Waals surface area (Å²) in [6.45, 7) is 10.8. The number of rotatable bonds is 6. The first-order chi connectivity index (χ1) is 15.6. The van der Waals surface area contributed by atoms with E-state index in [1.54, 1.807) is 22.3 Å². The lowest BCUT2D eigenvalue weighted by Gasteiger charge is -2.44. The number of benzene rings is 1. The second-order valence-corrected chi connectivity index (χ2v) is 10.6. The Balaban J connectivity index is 1.38. The van der Waals surface area contributed by atoms with Crippen molar-refractivity contribution in [2.24, 2.45) is 17.8 Å². The summed E-state index contributed by atoms with van der Waals surface area (Å²) in [6.07, 6.45) is 10.1. The quantitative estimate of drug-likeness (QED) is 0.605. The van der Waals surface area contributed by atoms with Crippen LogP contribution in [0.2, 0.25) is 0 Å². The summed E-state index contributed by atoms with van der Waals surface area (Å²) in [5.41, 5.74) is 6.53. The van der Waals surface area contributed by atoms with E-state index in [0.29, 0.717) is 24.4 Å². The highest BCUT2D eigenvalue weighted by Crippen LogP contribution is 2.41. The predicted octanol–water partition coefficient (Wildman–Crippen LogP) is 5.63. The minimum Gasteiger partial charge on any atom is -0.338 e. The summed E-state index contributed by atoms with van der Waals surface area (Å²) in [6, 6.07) is 9.74. The molecule has 2 N–H and O–H groups in total. The van der Waals surface area contributed by atoms with E-state index in [1.165, 1.54) is 64.5 Å². The van der Waals surface area contributed by atoms with E-state index >= 15 is 0 Å². The number of carbonyl (C=O) groups excluding carboxylic acids is 1. The Hall–Kier alpha value is -1.81. The minimum absolute atomic E-state index is 0.0169. The van der Waals surface area contributed by atoms with Crippen molar-refractivity contribution in [2.45, 2.75) is 78.2 Å². The van der Waals surface area contributed by atoms with Crippen LogP contribution in [-0.2, 0) is 6.42 Å². The van der Waals surface area contributed by atoms with E-state index < -0.39 is 0 Å². The van der Waals surface area contributed by atoms with Crippen molar-refractivity contribution in [2.75, 3.05) is 26.2 Å². The van der Waals surface area contributed by atoms with Crippen molar-refractivity contribution in [3.05, 3.63) is 41.0 Å². The average molecular weight is 438 g/mol. The largest absolute Gasteiger partial charge is 0.338 e. The molecule has 1 aliphatic heterocycles. The van der Waals surface area contributed by atoms with Gasteiger partial charge in [-0.25, -0.2) is 4.79 Å². The van der Waals surface area contributed by atoms with Crippen LogP contribution >= 0.6 is 0 Å². The zero-order valence-electron chi connectivity index (χ0n) is 20.5. The summed E-state index contributed by atoms with van der Waals surface area (Å²) in [5, 5.41) is 5.89. The predicted molar refractivity (Wildman–Crippen MR) is 134 cm³/mol. The summed E-state index contributed by atoms with van der Waals surface area (Å²) < 4.78 is 0. The molecule has 0 radical (unpaired) electrons. The van der Waals surface area contributed by atoms with Gasteiger partial charge in [0, 0.05) is 32.2 Å². The van der Waals surface area contributed by atoms with Crippen LogP contribution in [0.5, 0.6) is 0 Å². The summed E-state index contributed by atoms with van der Waals surface area (Å²) in [5.74, 6) is 2.10. The first kappa shape index (κ1) is 23.4. The lowest BCUT2D eigenvalue weighted by atomic mass is 9.79. The number of nitrogens with zero attached hydrogens (tertiary/aromatic N) is 1. The molecule has 4 rings (SSSR count). The molecule has 0 spiro atoms. The van der Waals surface area contributed by atoms with Gasteiger partial charge in [0.25, 0.3) is 0 Å². The Kier molecular flexibility index (Phi) is 7.93. The first-order valence-corrected chi connectivity index (χ1v) is 13.1. The van der Waals surface area contributed by atoms with Crippen molar-refractivity contribution >= 4 is 11.6 Å². The van der Waals surface area contributed by atoms with Gasteiger partial charge in [-0.3, -0.25) is 4.90 Å². The number of fused-ring (bicyclic) bond motifs is 2. The lowest BCUT2D eigenvalue weighted by Crippen LogP contribution is -2.47. The van der Waals surface area contributed by atoms with Gasteiger partial charge < -0.3 is 10.6 Å². The molecule has 1 heterocycles. The maximum atomic E-state index is 11.7. The molecule has 1 fully saturated rings. The number of nitrogens with one attached hydrogen (secondary N) is 2. The number of hydrogen-bond donors (Lipinski definition) is 2. The summed E-state index contributed by atoms with van der Waals surface area (Å²) in [4.78, 5) is 14.5. The Bertz CT molecular complexity index is 807. The Morgan fingerprint density at radius 3 is 2.53 bits per heavy atom. The van der Waals surface area contributed by atoms with Gasteiger partial charge in [-0.05, 0) is 98.3 Å². The molecule has 0 saturated heterocycles. The zero-order valence-corrected chi connectivity index (χ0v) is 20.5. The third-order valence-electron chi connectivity index (χ3n) is 8.00. The van der Waals surface area contributed by atoms with Gasteiger partial charge in [0.2, 0.25) is 0 Å². The molecule has 2 aliphatic carbocycles. The summed E-state index contributed by atoms with van der Waals surface area (Å²) >= 11 is 0. The molecular formula is C28H43N3O. The van der Waals surface area contributed by atoms with Crippen molar-refractivity contribution in [3.63, 3.8) is 0 Å². The normalized spacial score (nSPS) is 26.3. The highest BCUT2D eigenvalue weighted by atomic mass is 16.2. The van der Waals surface area contributed by atoms with Gasteiger partial charge in [0.05, 0.1) is 0 Å². The fourth-order valence-electron chi connectivity index (χ4n) is 6.50. The van der Waals surface area contributed by atoms with Crippen molar-refractivity contribution in [1.82, 2.24) is 15.5 Å². The molecule has 176 valence electrons. The first-order valence-electron chi connectivity index (χ1n) is 13.1. The number of urea groups is 1. The Morgan fingerprint density at radius 1 is 1.03 bits per heavy atom. The summed E-state index contributed by atoms with van der Waals surface area (Å²) in [7, 11) is 0. The van der Waals surface area contributed by atoms with Crippen molar-refractivity contribution < 1.29 is 4.79 Å². The van der Waals surface area contributed by atoms with E-state index in [4.69, 9.17) is 0 Å². The molecular weight excluding hydrogens is 394 g/mol. The van der Waals surface area contributed by atoms with E-state index in [1.807, 2.05) is 6.92 Å². The maximum Gasteiger partial charge on any atom is 0.314 e. The van der Waals surface area contributed by atoms with E-state index in [9.17, 15) is 4.79 Å². The number of amides is 2. The molecule has 0 aromatic heterocycles. The smallest absolute Gasteiger partial charge is 0.314 e. The van der Waals surface area contributed by atoms with E-state index in [-0.39, 0.29) is 6.03 Å². The van der Waals surface area contributed by atoms with Gasteiger partial charge in [-0.15, -0.1) is 0 Å². The molecule has 1 aromatic rings. The number of carbonyl (C=O) groups is 1. The topological polar surface area (TPSA) is 44.4 Å². The third-order valence-corrected chi connectivity index (χ3v) is 8.00. The van der Waals surface area contributed by atoms with Crippen molar-refractivity contribution in [3.8, 4) is 0 Å². The average Bonchev–Trinajstić information content (AvgIpc) is 2.98. The monoisotopic (exact) mass is 437 g/mol. The molecule has 32 heavy (non-hydrogen) atoms. The Labute approximate surface area is 195 Å². The van der Waals surface area contributed by atoms with E-state index in [2.05, 4.69) is 53.6 Å². The molecule has 1 unspecified atom stereocenters. The van der Waals surface area contributed by atoms with Crippen LogP contribution in [0.4, 0.5) is 4.79 Å². The molecule has 2 amide bonds. The maximum absolute atomic E-state index is 11.7. The third kappa shape index (κ3) is 5.39. The Morgan fingerprint density at radius 2 is 1.78 bits per heavy atom. The fourth-order valence-corrected chi connectivity index (χ4v) is 6.50. The second kappa shape index (κ2) is 10.9. The second-order valence-electron chi connectivity index (χ2n) is 10.6. The van der Waals surface area contributed by atoms with Crippen molar-refractivity contribution in [1.29, 1.82) is 0 Å². The standard InChI is InChI=1S/C28H43N3O/c1-4-29-28(32)30-18-21-12-14-22(15-13-21)19-31-17-16-25-24-10-6-5-8-23(24)9-7-11-26(25)27(31)20(2)3/h5-6,8,10,20-22,27H,4,7,9,11-19H2,1-3H3,(H2,29,30,32). The SMILES string of the molecule is CCNC(=O)NCC1CCC(CN2CCC3=C(CCCc4ccccc43)C2C(C)C)CC1. The molecule has 1 atom stereocenters. The van der Waals surface area contributed by atoms with Gasteiger partial charge in [-0.2, -0.15) is 0 Å². The highest BCUT2D eigenvalue weighted by molar-refractivity contribution is 5.74. The van der Waals surface area contributed by atoms with Gasteiger partial charge >= 0.3 is 6.03 Å². The highest BCUT2D eigenvalue weighted by Gasteiger charge is 2.35. The lowest BCUT2D eigenvalue weighted by molar-refractivity contribution is 0.124. The molecule has 0 bridgehead atoms. The van der Waals surface area contributed by atoms with Gasteiger partial charge in [0.15, 0.2) is 0 Å². The van der Waals surface area contributed by atoms with Crippen LogP contribution in [0.25, 0.3) is 5.57 Å². The molecule has 1 saturated carbocycles. The molecule has 1 aromatic carbocycles. The van der Waals surface area contributed by atoms with Gasteiger partial charge in [0.1, 0.15) is 0 Å². The molecule has 4 heteroatoms.